The van der Waals surface area contributed by atoms with E-state index in [4.69, 9.17) is 9.47 Å². The summed E-state index contributed by atoms with van der Waals surface area (Å²) in [5.74, 6) is 0.903. The summed E-state index contributed by atoms with van der Waals surface area (Å²) >= 11 is 0. The van der Waals surface area contributed by atoms with Crippen molar-refractivity contribution in [3.8, 4) is 11.5 Å². The summed E-state index contributed by atoms with van der Waals surface area (Å²) in [6.07, 6.45) is 0.314. The van der Waals surface area contributed by atoms with Crippen molar-refractivity contribution < 1.29 is 19.1 Å². The first-order chi connectivity index (χ1) is 11.4. The van der Waals surface area contributed by atoms with Gasteiger partial charge in [0.15, 0.2) is 12.4 Å². The number of hydrogen-bond donors (Lipinski definition) is 1. The fraction of sp³-hybridized carbons (Fsp3) is 0.263. The molecule has 5 nitrogen and oxygen atoms in total. The molecule has 0 atom stereocenters. The van der Waals surface area contributed by atoms with Crippen molar-refractivity contribution in [3.63, 3.8) is 0 Å². The summed E-state index contributed by atoms with van der Waals surface area (Å²) in [5, 5.41) is 2.73. The van der Waals surface area contributed by atoms with Crippen LogP contribution in [0.2, 0.25) is 0 Å². The number of benzene rings is 2. The Morgan fingerprint density at radius 2 is 1.96 bits per heavy atom. The number of amides is 1. The molecule has 5 heteroatoms. The van der Waals surface area contributed by atoms with E-state index in [1.54, 1.807) is 30.3 Å². The van der Waals surface area contributed by atoms with Gasteiger partial charge >= 0.3 is 0 Å². The predicted molar refractivity (Wildman–Crippen MR) is 90.7 cm³/mol. The molecule has 3 rings (SSSR count). The Balaban J connectivity index is 1.65. The van der Waals surface area contributed by atoms with Crippen LogP contribution >= 0.6 is 0 Å². The van der Waals surface area contributed by atoms with Crippen molar-refractivity contribution in [2.24, 2.45) is 0 Å². The minimum atomic E-state index is -0.502. The quantitative estimate of drug-likeness (QED) is 0.935. The number of ketones is 1. The third kappa shape index (κ3) is 3.74. The third-order valence-electron chi connectivity index (χ3n) is 3.65. The number of rotatable bonds is 4. The highest BCUT2D eigenvalue weighted by Crippen LogP contribution is 2.34. The van der Waals surface area contributed by atoms with Crippen molar-refractivity contribution >= 4 is 17.4 Å². The molecule has 0 saturated heterocycles. The van der Waals surface area contributed by atoms with Crippen LogP contribution in [0.25, 0.3) is 0 Å². The van der Waals surface area contributed by atoms with Crippen LogP contribution in [0.1, 0.15) is 30.6 Å². The molecule has 24 heavy (non-hydrogen) atoms. The molecule has 0 fully saturated rings. The predicted octanol–water partition coefficient (Wildman–Crippen LogP) is 3.45. The molecule has 1 heterocycles. The zero-order valence-electron chi connectivity index (χ0n) is 13.7. The molecular weight excluding hydrogens is 306 g/mol. The standard InChI is InChI=1S/C19H19NO4/c1-19(2)11-16(21)15-10-13(8-9-17(15)24-19)20-18(22)12-23-14-6-4-3-5-7-14/h3-10H,11-12H2,1-2H3,(H,20,22). The second-order valence-corrected chi connectivity index (χ2v) is 6.32. The molecule has 2 aromatic carbocycles. The minimum absolute atomic E-state index is 0.0119. The minimum Gasteiger partial charge on any atom is -0.487 e. The number of Topliss-reactive ketones (excluding diaryl/α,β-unsaturated/α-hetero) is 1. The van der Waals surface area contributed by atoms with Gasteiger partial charge in [0.2, 0.25) is 0 Å². The number of carbonyl (C=O) groups excluding carboxylic acids is 2. The number of para-hydroxylation sites is 1. The summed E-state index contributed by atoms with van der Waals surface area (Å²) in [4.78, 5) is 24.2. The SMILES string of the molecule is CC1(C)CC(=O)c2cc(NC(=O)COc3ccccc3)ccc2O1. The van der Waals surface area contributed by atoms with E-state index in [0.717, 1.165) is 0 Å². The van der Waals surface area contributed by atoms with Gasteiger partial charge in [0.1, 0.15) is 17.1 Å². The zero-order chi connectivity index (χ0) is 17.2. The number of nitrogens with one attached hydrogen (secondary N) is 1. The Bertz CT molecular complexity index is 768. The molecule has 124 valence electrons. The Morgan fingerprint density at radius 3 is 2.71 bits per heavy atom. The van der Waals surface area contributed by atoms with Gasteiger partial charge in [0.05, 0.1) is 12.0 Å². The highest BCUT2D eigenvalue weighted by atomic mass is 16.5. The third-order valence-corrected chi connectivity index (χ3v) is 3.65. The monoisotopic (exact) mass is 325 g/mol. The van der Waals surface area contributed by atoms with Crippen LogP contribution < -0.4 is 14.8 Å². The molecule has 0 aromatic heterocycles. The van der Waals surface area contributed by atoms with E-state index in [9.17, 15) is 9.59 Å². The topological polar surface area (TPSA) is 64.6 Å². The van der Waals surface area contributed by atoms with Gasteiger partial charge in [0, 0.05) is 5.69 Å². The van der Waals surface area contributed by atoms with Gasteiger partial charge in [0.25, 0.3) is 5.91 Å². The van der Waals surface area contributed by atoms with Gasteiger partial charge in [-0.05, 0) is 44.2 Å². The second-order valence-electron chi connectivity index (χ2n) is 6.32. The summed E-state index contributed by atoms with van der Waals surface area (Å²) in [6.45, 7) is 3.66. The van der Waals surface area contributed by atoms with Crippen LogP contribution in [0.4, 0.5) is 5.69 Å². The second kappa shape index (κ2) is 6.35. The highest BCUT2D eigenvalue weighted by Gasteiger charge is 2.32. The van der Waals surface area contributed by atoms with Crippen LogP contribution in [0.3, 0.4) is 0 Å². The number of anilines is 1. The molecule has 2 aromatic rings. The smallest absolute Gasteiger partial charge is 0.262 e. The molecule has 0 radical (unpaired) electrons. The van der Waals surface area contributed by atoms with Crippen molar-refractivity contribution in [3.05, 3.63) is 54.1 Å². The fourth-order valence-electron chi connectivity index (χ4n) is 2.59. The van der Waals surface area contributed by atoms with Gasteiger partial charge in [-0.25, -0.2) is 0 Å². The highest BCUT2D eigenvalue weighted by molar-refractivity contribution is 6.02. The maximum absolute atomic E-state index is 12.2. The lowest BCUT2D eigenvalue weighted by Gasteiger charge is -2.31. The van der Waals surface area contributed by atoms with E-state index < -0.39 is 5.60 Å². The normalized spacial score (nSPS) is 15.2. The van der Waals surface area contributed by atoms with Crippen molar-refractivity contribution in [1.29, 1.82) is 0 Å². The molecule has 0 bridgehead atoms. The van der Waals surface area contributed by atoms with E-state index >= 15 is 0 Å². The maximum Gasteiger partial charge on any atom is 0.262 e. The van der Waals surface area contributed by atoms with Crippen molar-refractivity contribution in [1.82, 2.24) is 0 Å². The number of ether oxygens (including phenoxy) is 2. The Kier molecular flexibility index (Phi) is 4.25. The first-order valence-corrected chi connectivity index (χ1v) is 7.77. The van der Waals surface area contributed by atoms with Crippen LogP contribution in [-0.4, -0.2) is 23.9 Å². The number of hydrogen-bond acceptors (Lipinski definition) is 4. The zero-order valence-corrected chi connectivity index (χ0v) is 13.7. The molecule has 0 aliphatic carbocycles. The molecule has 0 spiro atoms. The van der Waals surface area contributed by atoms with Crippen LogP contribution in [0.15, 0.2) is 48.5 Å². The maximum atomic E-state index is 12.2. The first-order valence-electron chi connectivity index (χ1n) is 7.77. The Morgan fingerprint density at radius 1 is 1.21 bits per heavy atom. The lowest BCUT2D eigenvalue weighted by Crippen LogP contribution is -2.35. The van der Waals surface area contributed by atoms with E-state index in [1.165, 1.54) is 0 Å². The summed E-state index contributed by atoms with van der Waals surface area (Å²) in [6, 6.07) is 14.2. The Labute approximate surface area is 140 Å². The van der Waals surface area contributed by atoms with Gasteiger partial charge in [-0.2, -0.15) is 0 Å². The lowest BCUT2D eigenvalue weighted by molar-refractivity contribution is -0.118. The van der Waals surface area contributed by atoms with Crippen molar-refractivity contribution in [2.45, 2.75) is 25.9 Å². The molecule has 1 aliphatic heterocycles. The van der Waals surface area contributed by atoms with Gasteiger partial charge < -0.3 is 14.8 Å². The summed E-state index contributed by atoms with van der Waals surface area (Å²) in [7, 11) is 0. The van der Waals surface area contributed by atoms with Crippen LogP contribution in [0, 0.1) is 0 Å². The average molecular weight is 325 g/mol. The Hall–Kier alpha value is -2.82. The first kappa shape index (κ1) is 16.1. The molecule has 1 N–H and O–H groups in total. The molecule has 1 amide bonds. The molecular formula is C19H19NO4. The van der Waals surface area contributed by atoms with E-state index in [0.29, 0.717) is 29.2 Å². The van der Waals surface area contributed by atoms with Crippen LogP contribution in [-0.2, 0) is 4.79 Å². The van der Waals surface area contributed by atoms with E-state index in [1.807, 2.05) is 32.0 Å². The van der Waals surface area contributed by atoms with Crippen molar-refractivity contribution in [2.75, 3.05) is 11.9 Å². The summed E-state index contributed by atoms with van der Waals surface area (Å²) < 4.78 is 11.2. The van der Waals surface area contributed by atoms with Gasteiger partial charge in [-0.1, -0.05) is 18.2 Å². The lowest BCUT2D eigenvalue weighted by atomic mass is 9.93. The van der Waals surface area contributed by atoms with Gasteiger partial charge in [-0.3, -0.25) is 9.59 Å². The summed E-state index contributed by atoms with van der Waals surface area (Å²) in [5.41, 5.74) is 0.543. The average Bonchev–Trinajstić information content (AvgIpc) is 2.54. The van der Waals surface area contributed by atoms with E-state index in [2.05, 4.69) is 5.32 Å². The van der Waals surface area contributed by atoms with Gasteiger partial charge in [-0.15, -0.1) is 0 Å². The molecule has 1 aliphatic rings. The largest absolute Gasteiger partial charge is 0.487 e. The van der Waals surface area contributed by atoms with Crippen LogP contribution in [0.5, 0.6) is 11.5 Å². The number of carbonyl (C=O) groups is 2. The van der Waals surface area contributed by atoms with E-state index in [-0.39, 0.29) is 18.3 Å². The fourth-order valence-corrected chi connectivity index (χ4v) is 2.59. The molecule has 0 unspecified atom stereocenters. The number of fused-ring (bicyclic) bond motifs is 1. The molecule has 0 saturated carbocycles.